The van der Waals surface area contributed by atoms with Gasteiger partial charge in [-0.05, 0) is 70.6 Å². The first kappa shape index (κ1) is 64.8. The first-order chi connectivity index (χ1) is 33.5. The fraction of sp³-hybridized carbons (Fsp3) is 0.758. The van der Waals surface area contributed by atoms with E-state index in [2.05, 4.69) is 93.7 Å². The Kier molecular flexibility index (Phi) is 53.8. The predicted octanol–water partition coefficient (Wildman–Crippen LogP) is 19.4. The van der Waals surface area contributed by atoms with Gasteiger partial charge in [0.15, 0.2) is 6.10 Å². The molecule has 0 radical (unpaired) electrons. The van der Waals surface area contributed by atoms with Gasteiger partial charge in [-0.15, -0.1) is 0 Å². The number of ether oxygens (including phenoxy) is 3. The van der Waals surface area contributed by atoms with Crippen molar-refractivity contribution in [3.8, 4) is 0 Å². The van der Waals surface area contributed by atoms with Crippen molar-refractivity contribution in [3.63, 3.8) is 0 Å². The lowest BCUT2D eigenvalue weighted by Crippen LogP contribution is -2.30. The Balaban J connectivity index is 4.20. The molecule has 0 aromatic rings. The third-order valence-electron chi connectivity index (χ3n) is 12.5. The summed E-state index contributed by atoms with van der Waals surface area (Å²) < 4.78 is 16.8. The Morgan fingerprint density at radius 1 is 0.309 bits per heavy atom. The van der Waals surface area contributed by atoms with E-state index >= 15 is 0 Å². The van der Waals surface area contributed by atoms with Crippen molar-refractivity contribution >= 4 is 17.9 Å². The second-order valence-electron chi connectivity index (χ2n) is 19.2. The minimum atomic E-state index is -0.773. The zero-order chi connectivity index (χ0) is 49.3. The van der Waals surface area contributed by atoms with Gasteiger partial charge in [-0.3, -0.25) is 14.4 Å². The van der Waals surface area contributed by atoms with E-state index in [-0.39, 0.29) is 31.1 Å². The molecule has 0 amide bonds. The quantitative estimate of drug-likeness (QED) is 0.0262. The van der Waals surface area contributed by atoms with Crippen LogP contribution in [0.25, 0.3) is 0 Å². The van der Waals surface area contributed by atoms with Crippen LogP contribution < -0.4 is 0 Å². The molecule has 6 heteroatoms. The van der Waals surface area contributed by atoms with Crippen molar-refractivity contribution in [3.05, 3.63) is 72.9 Å². The highest BCUT2D eigenvalue weighted by Gasteiger charge is 2.19. The first-order valence-electron chi connectivity index (χ1n) is 28.9. The van der Waals surface area contributed by atoms with Crippen LogP contribution in [-0.4, -0.2) is 37.2 Å². The molecule has 0 saturated carbocycles. The normalized spacial score (nSPS) is 12.6. The fourth-order valence-electron chi connectivity index (χ4n) is 8.15. The zero-order valence-corrected chi connectivity index (χ0v) is 44.9. The van der Waals surface area contributed by atoms with Crippen molar-refractivity contribution in [2.24, 2.45) is 0 Å². The smallest absolute Gasteiger partial charge is 0.306 e. The molecule has 0 aliphatic heterocycles. The van der Waals surface area contributed by atoms with Gasteiger partial charge in [-0.25, -0.2) is 0 Å². The Morgan fingerprint density at radius 2 is 0.574 bits per heavy atom. The number of esters is 3. The third-order valence-corrected chi connectivity index (χ3v) is 12.5. The summed E-state index contributed by atoms with van der Waals surface area (Å²) in [5, 5.41) is 0. The van der Waals surface area contributed by atoms with E-state index in [1.54, 1.807) is 0 Å². The highest BCUT2D eigenvalue weighted by Crippen LogP contribution is 2.16. The summed E-state index contributed by atoms with van der Waals surface area (Å²) in [7, 11) is 0. The van der Waals surface area contributed by atoms with Crippen molar-refractivity contribution < 1.29 is 28.6 Å². The first-order valence-corrected chi connectivity index (χ1v) is 28.9. The molecule has 0 aliphatic carbocycles. The molecule has 0 heterocycles. The van der Waals surface area contributed by atoms with Crippen LogP contribution in [0.4, 0.5) is 0 Å². The van der Waals surface area contributed by atoms with Gasteiger partial charge >= 0.3 is 17.9 Å². The monoisotopic (exact) mass is 949 g/mol. The van der Waals surface area contributed by atoms with Gasteiger partial charge in [-0.1, -0.05) is 267 Å². The van der Waals surface area contributed by atoms with E-state index in [9.17, 15) is 14.4 Å². The van der Waals surface area contributed by atoms with E-state index in [4.69, 9.17) is 14.2 Å². The van der Waals surface area contributed by atoms with Crippen molar-refractivity contribution in [1.82, 2.24) is 0 Å². The zero-order valence-electron chi connectivity index (χ0n) is 44.9. The predicted molar refractivity (Wildman–Crippen MR) is 293 cm³/mol. The van der Waals surface area contributed by atoms with Crippen molar-refractivity contribution in [2.75, 3.05) is 13.2 Å². The van der Waals surface area contributed by atoms with E-state index in [0.717, 1.165) is 103 Å². The molecule has 0 fully saturated rings. The summed E-state index contributed by atoms with van der Waals surface area (Å²) in [5.74, 6) is -0.877. The fourth-order valence-corrected chi connectivity index (χ4v) is 8.15. The van der Waals surface area contributed by atoms with Gasteiger partial charge in [0, 0.05) is 19.3 Å². The summed E-state index contributed by atoms with van der Waals surface area (Å²) >= 11 is 0. The number of unbranched alkanes of at least 4 members (excludes halogenated alkanes) is 29. The number of hydrogen-bond donors (Lipinski definition) is 0. The molecule has 0 aliphatic rings. The van der Waals surface area contributed by atoms with Crippen LogP contribution in [0.3, 0.4) is 0 Å². The minimum absolute atomic E-state index is 0.0743. The number of allylic oxidation sites excluding steroid dienone is 12. The summed E-state index contributed by atoms with van der Waals surface area (Å²) in [6, 6.07) is 0. The van der Waals surface area contributed by atoms with Crippen LogP contribution in [-0.2, 0) is 28.6 Å². The molecule has 0 N–H and O–H groups in total. The van der Waals surface area contributed by atoms with Gasteiger partial charge in [0.25, 0.3) is 0 Å². The molecule has 0 rings (SSSR count). The molecule has 0 saturated heterocycles. The Hall–Kier alpha value is -3.15. The second-order valence-corrected chi connectivity index (χ2v) is 19.2. The van der Waals surface area contributed by atoms with E-state index in [1.807, 2.05) is 0 Å². The lowest BCUT2D eigenvalue weighted by atomic mass is 10.0. The number of rotatable bonds is 52. The Labute approximate surface area is 421 Å². The summed E-state index contributed by atoms with van der Waals surface area (Å²) in [6.07, 6.45) is 71.9. The van der Waals surface area contributed by atoms with Crippen LogP contribution in [0.15, 0.2) is 72.9 Å². The maximum absolute atomic E-state index is 12.8. The second kappa shape index (κ2) is 56.4. The highest BCUT2D eigenvalue weighted by molar-refractivity contribution is 5.71. The van der Waals surface area contributed by atoms with Gasteiger partial charge < -0.3 is 14.2 Å². The molecular weight excluding hydrogens is 841 g/mol. The standard InChI is InChI=1S/C62H108O6/c1-4-7-10-13-16-19-21-23-25-26-27-28-29-30-31-32-33-34-35-36-38-39-41-43-46-49-52-55-61(64)67-58-59(57-66-60(63)54-51-48-45-18-15-12-9-6-3)68-62(65)56-53-50-47-44-42-40-37-24-22-20-17-14-11-8-5-2/h7,10,16,19,23,25,27-28,30-31,33-34,59H,4-6,8-9,11-15,17-18,20-22,24,26,29,32,35-58H2,1-3H3/b10-7-,19-16-,25-23-,28-27-,31-30-,34-33-. The minimum Gasteiger partial charge on any atom is -0.462 e. The average Bonchev–Trinajstić information content (AvgIpc) is 3.34. The van der Waals surface area contributed by atoms with Crippen LogP contribution in [0.5, 0.6) is 0 Å². The molecule has 1 unspecified atom stereocenters. The van der Waals surface area contributed by atoms with Crippen LogP contribution in [0, 0.1) is 0 Å². The van der Waals surface area contributed by atoms with Gasteiger partial charge in [0.2, 0.25) is 0 Å². The molecule has 0 aromatic heterocycles. The number of carbonyl (C=O) groups is 3. The van der Waals surface area contributed by atoms with Crippen LogP contribution in [0.1, 0.15) is 284 Å². The lowest BCUT2D eigenvalue weighted by molar-refractivity contribution is -0.167. The van der Waals surface area contributed by atoms with Crippen LogP contribution >= 0.6 is 0 Å². The molecule has 6 nitrogen and oxygen atoms in total. The average molecular weight is 950 g/mol. The Bertz CT molecular complexity index is 1270. The highest BCUT2D eigenvalue weighted by atomic mass is 16.6. The number of hydrogen-bond acceptors (Lipinski definition) is 6. The Morgan fingerprint density at radius 3 is 0.897 bits per heavy atom. The van der Waals surface area contributed by atoms with E-state index in [0.29, 0.717) is 19.3 Å². The van der Waals surface area contributed by atoms with Gasteiger partial charge in [0.1, 0.15) is 13.2 Å². The number of carbonyl (C=O) groups excluding carboxylic acids is 3. The molecule has 392 valence electrons. The SMILES string of the molecule is CC/C=C\C/C=C\C/C=C\C/C=C\C/C=C\C/C=C\CCCCCCCCCCC(=O)OCC(COC(=O)CCCCCCCCCC)OC(=O)CCCCCCCCCCCCCCCCC. The summed E-state index contributed by atoms with van der Waals surface area (Å²) in [4.78, 5) is 38.0. The molecule has 0 aromatic carbocycles. The molecule has 1 atom stereocenters. The van der Waals surface area contributed by atoms with Crippen LogP contribution in [0.2, 0.25) is 0 Å². The van der Waals surface area contributed by atoms with E-state index in [1.165, 1.54) is 141 Å². The molecule has 0 spiro atoms. The third kappa shape index (κ3) is 53.8. The maximum Gasteiger partial charge on any atom is 0.306 e. The van der Waals surface area contributed by atoms with Gasteiger partial charge in [0.05, 0.1) is 0 Å². The molecule has 68 heavy (non-hydrogen) atoms. The van der Waals surface area contributed by atoms with Crippen molar-refractivity contribution in [1.29, 1.82) is 0 Å². The van der Waals surface area contributed by atoms with E-state index < -0.39 is 6.10 Å². The van der Waals surface area contributed by atoms with Gasteiger partial charge in [-0.2, -0.15) is 0 Å². The molecular formula is C62H108O6. The topological polar surface area (TPSA) is 78.9 Å². The molecule has 0 bridgehead atoms. The lowest BCUT2D eigenvalue weighted by Gasteiger charge is -2.18. The summed E-state index contributed by atoms with van der Waals surface area (Å²) in [6.45, 7) is 6.51. The maximum atomic E-state index is 12.8. The summed E-state index contributed by atoms with van der Waals surface area (Å²) in [5.41, 5.74) is 0. The van der Waals surface area contributed by atoms with Crippen molar-refractivity contribution in [2.45, 2.75) is 290 Å². The largest absolute Gasteiger partial charge is 0.462 e.